The fraction of sp³-hybridized carbons (Fsp3) is 0.0833. The normalized spacial score (nSPS) is 12.4. The highest BCUT2D eigenvalue weighted by Gasteiger charge is 2.13. The predicted octanol–water partition coefficient (Wildman–Crippen LogP) is 2.43. The molecule has 0 saturated carbocycles. The van der Waals surface area contributed by atoms with Crippen LogP contribution in [0.1, 0.15) is 17.2 Å². The molecule has 1 atom stereocenters. The van der Waals surface area contributed by atoms with Crippen LogP contribution in [0.2, 0.25) is 5.02 Å². The van der Waals surface area contributed by atoms with E-state index in [2.05, 4.69) is 10.4 Å². The van der Waals surface area contributed by atoms with Crippen molar-refractivity contribution in [2.75, 3.05) is 0 Å². The highest BCUT2D eigenvalue weighted by atomic mass is 35.5. The van der Waals surface area contributed by atoms with Crippen molar-refractivity contribution in [2.24, 2.45) is 5.84 Å². The molecule has 5 heteroatoms. The van der Waals surface area contributed by atoms with Crippen LogP contribution in [0.4, 0.5) is 4.39 Å². The minimum Gasteiger partial charge on any atom is -0.271 e. The average molecular weight is 252 g/mol. The molecule has 0 radical (unpaired) electrons. The molecule has 2 aromatic rings. The van der Waals surface area contributed by atoms with Crippen molar-refractivity contribution in [3.8, 4) is 0 Å². The Bertz CT molecular complexity index is 504. The van der Waals surface area contributed by atoms with Crippen LogP contribution in [0.3, 0.4) is 0 Å². The molecule has 0 aliphatic carbocycles. The highest BCUT2D eigenvalue weighted by Crippen LogP contribution is 2.24. The maximum Gasteiger partial charge on any atom is 0.142 e. The number of hydrazine groups is 1. The third-order valence-electron chi connectivity index (χ3n) is 2.46. The molecule has 17 heavy (non-hydrogen) atoms. The Morgan fingerprint density at radius 2 is 2.12 bits per heavy atom. The van der Waals surface area contributed by atoms with Gasteiger partial charge in [0.25, 0.3) is 0 Å². The van der Waals surface area contributed by atoms with E-state index in [1.807, 2.05) is 6.07 Å². The van der Waals surface area contributed by atoms with Crippen molar-refractivity contribution in [2.45, 2.75) is 6.04 Å². The van der Waals surface area contributed by atoms with E-state index in [-0.39, 0.29) is 11.1 Å². The summed E-state index contributed by atoms with van der Waals surface area (Å²) in [7, 11) is 0. The number of nitrogens with two attached hydrogens (primary N) is 1. The summed E-state index contributed by atoms with van der Waals surface area (Å²) in [5.74, 6) is 5.03. The summed E-state index contributed by atoms with van der Waals surface area (Å²) in [5, 5.41) is 0.0932. The summed E-state index contributed by atoms with van der Waals surface area (Å²) in [6, 6.07) is 7.95. The van der Waals surface area contributed by atoms with Gasteiger partial charge in [0.1, 0.15) is 5.82 Å². The van der Waals surface area contributed by atoms with E-state index in [1.54, 1.807) is 24.5 Å². The van der Waals surface area contributed by atoms with Gasteiger partial charge in [-0.15, -0.1) is 0 Å². The van der Waals surface area contributed by atoms with Gasteiger partial charge in [-0.3, -0.25) is 10.8 Å². The average Bonchev–Trinajstić information content (AvgIpc) is 2.36. The van der Waals surface area contributed by atoms with Crippen molar-refractivity contribution >= 4 is 11.6 Å². The third kappa shape index (κ3) is 2.61. The molecular formula is C12H11ClFN3. The number of aromatic nitrogens is 1. The number of nitrogens with one attached hydrogen (secondary N) is 1. The summed E-state index contributed by atoms with van der Waals surface area (Å²) >= 11 is 5.64. The number of rotatable bonds is 3. The van der Waals surface area contributed by atoms with Crippen molar-refractivity contribution in [1.82, 2.24) is 10.4 Å². The minimum absolute atomic E-state index is 0.0932. The van der Waals surface area contributed by atoms with E-state index < -0.39 is 5.82 Å². The van der Waals surface area contributed by atoms with E-state index >= 15 is 0 Å². The Morgan fingerprint density at radius 1 is 1.29 bits per heavy atom. The number of pyridine rings is 1. The van der Waals surface area contributed by atoms with Gasteiger partial charge in [0.15, 0.2) is 0 Å². The summed E-state index contributed by atoms with van der Waals surface area (Å²) in [6.07, 6.45) is 3.34. The highest BCUT2D eigenvalue weighted by molar-refractivity contribution is 6.30. The summed E-state index contributed by atoms with van der Waals surface area (Å²) in [4.78, 5) is 4.00. The molecular weight excluding hydrogens is 241 g/mol. The first kappa shape index (κ1) is 12.0. The molecule has 0 bridgehead atoms. The van der Waals surface area contributed by atoms with E-state index in [0.717, 1.165) is 5.56 Å². The van der Waals surface area contributed by atoms with Crippen molar-refractivity contribution in [3.05, 3.63) is 64.7 Å². The van der Waals surface area contributed by atoms with Crippen LogP contribution in [-0.4, -0.2) is 4.98 Å². The molecule has 3 nitrogen and oxygen atoms in total. The number of hydrogen-bond donors (Lipinski definition) is 2. The number of hydrogen-bond acceptors (Lipinski definition) is 3. The molecule has 88 valence electrons. The third-order valence-corrected chi connectivity index (χ3v) is 2.77. The van der Waals surface area contributed by atoms with Gasteiger partial charge in [-0.25, -0.2) is 9.82 Å². The molecule has 0 saturated heterocycles. The lowest BCUT2D eigenvalue weighted by atomic mass is 10.0. The first-order valence-electron chi connectivity index (χ1n) is 5.03. The van der Waals surface area contributed by atoms with Gasteiger partial charge < -0.3 is 0 Å². The Kier molecular flexibility index (Phi) is 3.68. The van der Waals surface area contributed by atoms with Crippen LogP contribution < -0.4 is 11.3 Å². The lowest BCUT2D eigenvalue weighted by Crippen LogP contribution is -2.29. The molecule has 1 aromatic heterocycles. The quantitative estimate of drug-likeness (QED) is 0.651. The lowest BCUT2D eigenvalue weighted by molar-refractivity contribution is 0.604. The van der Waals surface area contributed by atoms with Gasteiger partial charge in [0, 0.05) is 12.4 Å². The predicted molar refractivity (Wildman–Crippen MR) is 64.8 cm³/mol. The first-order valence-corrected chi connectivity index (χ1v) is 5.41. The molecule has 1 unspecified atom stereocenters. The van der Waals surface area contributed by atoms with E-state index in [9.17, 15) is 4.39 Å². The second-order valence-corrected chi connectivity index (χ2v) is 3.97. The van der Waals surface area contributed by atoms with Crippen molar-refractivity contribution in [3.63, 3.8) is 0 Å². The molecule has 3 N–H and O–H groups in total. The standard InChI is InChI=1S/C12H11ClFN3/c13-10-4-3-8(6-11(10)14)12(17-15)9-2-1-5-16-7-9/h1-7,12,17H,15H2. The van der Waals surface area contributed by atoms with Crippen LogP contribution >= 0.6 is 11.6 Å². The van der Waals surface area contributed by atoms with Gasteiger partial charge in [0.05, 0.1) is 11.1 Å². The van der Waals surface area contributed by atoms with Crippen LogP contribution in [-0.2, 0) is 0 Å². The summed E-state index contributed by atoms with van der Waals surface area (Å²) < 4.78 is 13.4. The van der Waals surface area contributed by atoms with Crippen LogP contribution in [0.25, 0.3) is 0 Å². The van der Waals surface area contributed by atoms with Gasteiger partial charge >= 0.3 is 0 Å². The fourth-order valence-corrected chi connectivity index (χ4v) is 1.74. The zero-order valence-corrected chi connectivity index (χ0v) is 9.66. The Balaban J connectivity index is 2.39. The van der Waals surface area contributed by atoms with Crippen molar-refractivity contribution in [1.29, 1.82) is 0 Å². The zero-order chi connectivity index (χ0) is 12.3. The number of halogens is 2. The smallest absolute Gasteiger partial charge is 0.142 e. The number of benzene rings is 1. The topological polar surface area (TPSA) is 50.9 Å². The van der Waals surface area contributed by atoms with Gasteiger partial charge in [-0.1, -0.05) is 23.7 Å². The molecule has 1 aromatic carbocycles. The Hall–Kier alpha value is -1.49. The van der Waals surface area contributed by atoms with Crippen molar-refractivity contribution < 1.29 is 4.39 Å². The maximum absolute atomic E-state index is 13.4. The van der Waals surface area contributed by atoms with Gasteiger partial charge in [-0.05, 0) is 29.3 Å². The molecule has 0 amide bonds. The number of nitrogens with zero attached hydrogens (tertiary/aromatic N) is 1. The molecule has 0 aliphatic rings. The van der Waals surface area contributed by atoms with Gasteiger partial charge in [-0.2, -0.15) is 0 Å². The van der Waals surface area contributed by atoms with Crippen LogP contribution in [0.15, 0.2) is 42.7 Å². The van der Waals surface area contributed by atoms with Crippen LogP contribution in [0.5, 0.6) is 0 Å². The van der Waals surface area contributed by atoms with E-state index in [4.69, 9.17) is 17.4 Å². The van der Waals surface area contributed by atoms with Crippen LogP contribution in [0, 0.1) is 5.82 Å². The summed E-state index contributed by atoms with van der Waals surface area (Å²) in [5.41, 5.74) is 4.19. The Labute approximate surface area is 103 Å². The second-order valence-electron chi connectivity index (χ2n) is 3.56. The molecule has 0 spiro atoms. The maximum atomic E-state index is 13.4. The van der Waals surface area contributed by atoms with Gasteiger partial charge in [0.2, 0.25) is 0 Å². The largest absolute Gasteiger partial charge is 0.271 e. The van der Waals surface area contributed by atoms with E-state index in [0.29, 0.717) is 5.56 Å². The molecule has 0 aliphatic heterocycles. The zero-order valence-electron chi connectivity index (χ0n) is 8.90. The minimum atomic E-state index is -0.465. The molecule has 1 heterocycles. The fourth-order valence-electron chi connectivity index (χ4n) is 1.62. The molecule has 0 fully saturated rings. The summed E-state index contributed by atoms with van der Waals surface area (Å²) in [6.45, 7) is 0. The second kappa shape index (κ2) is 5.23. The monoisotopic (exact) mass is 251 g/mol. The first-order chi connectivity index (χ1) is 8.22. The molecule has 2 rings (SSSR count). The lowest BCUT2D eigenvalue weighted by Gasteiger charge is -2.16. The SMILES string of the molecule is NNC(c1cccnc1)c1ccc(Cl)c(F)c1. The Morgan fingerprint density at radius 3 is 2.71 bits per heavy atom. The van der Waals surface area contributed by atoms with E-state index in [1.165, 1.54) is 12.1 Å².